The van der Waals surface area contributed by atoms with Gasteiger partial charge >= 0.3 is 0 Å². The van der Waals surface area contributed by atoms with Crippen LogP contribution < -0.4 is 5.73 Å². The summed E-state index contributed by atoms with van der Waals surface area (Å²) in [4.78, 5) is 14.0. The van der Waals surface area contributed by atoms with Crippen LogP contribution in [-0.4, -0.2) is 31.4 Å². The Hall–Kier alpha value is -1.35. The van der Waals surface area contributed by atoms with E-state index in [1.807, 2.05) is 6.07 Å². The molecule has 3 atom stereocenters. The number of hydrogen-bond donors (Lipinski definition) is 1. The van der Waals surface area contributed by atoms with Gasteiger partial charge in [-0.05, 0) is 86.8 Å². The molecule has 0 aliphatic heterocycles. The van der Waals surface area contributed by atoms with E-state index in [0.717, 1.165) is 24.8 Å². The topological polar surface area (TPSA) is 46.3 Å². The van der Waals surface area contributed by atoms with Crippen LogP contribution in [0.5, 0.6) is 0 Å². The maximum Gasteiger partial charge on any atom is 0.248 e. The monoisotopic (exact) mass is 314 g/mol. The fourth-order valence-corrected chi connectivity index (χ4v) is 5.16. The smallest absolute Gasteiger partial charge is 0.248 e. The van der Waals surface area contributed by atoms with E-state index in [9.17, 15) is 4.79 Å². The fraction of sp³-hybridized carbons (Fsp3) is 0.650. The number of primary amides is 1. The molecule has 1 amide bonds. The number of rotatable bonds is 4. The lowest BCUT2D eigenvalue weighted by Crippen LogP contribution is -2.47. The van der Waals surface area contributed by atoms with Crippen LogP contribution in [0.2, 0.25) is 0 Å². The summed E-state index contributed by atoms with van der Waals surface area (Å²) in [5.74, 6) is 1.16. The molecule has 1 aromatic rings. The van der Waals surface area contributed by atoms with Gasteiger partial charge in [-0.2, -0.15) is 0 Å². The van der Waals surface area contributed by atoms with Crippen molar-refractivity contribution in [1.82, 2.24) is 4.90 Å². The molecule has 1 saturated carbocycles. The minimum absolute atomic E-state index is 0.237. The number of carbonyl (C=O) groups is 1. The Morgan fingerprint density at radius 1 is 1.35 bits per heavy atom. The van der Waals surface area contributed by atoms with Gasteiger partial charge in [0.2, 0.25) is 5.91 Å². The molecule has 0 heterocycles. The highest BCUT2D eigenvalue weighted by Crippen LogP contribution is 2.54. The summed E-state index contributed by atoms with van der Waals surface area (Å²) in [7, 11) is 4.31. The fourth-order valence-electron chi connectivity index (χ4n) is 5.16. The first-order chi connectivity index (χ1) is 10.9. The average molecular weight is 314 g/mol. The highest BCUT2D eigenvalue weighted by molar-refractivity contribution is 5.93. The molecule has 0 saturated heterocycles. The maximum atomic E-state index is 11.7. The van der Waals surface area contributed by atoms with Crippen molar-refractivity contribution in [2.24, 2.45) is 17.6 Å². The van der Waals surface area contributed by atoms with Gasteiger partial charge in [0.1, 0.15) is 0 Å². The Morgan fingerprint density at radius 2 is 2.13 bits per heavy atom. The lowest BCUT2D eigenvalue weighted by atomic mass is 9.53. The summed E-state index contributed by atoms with van der Waals surface area (Å²) in [5, 5.41) is 0. The second kappa shape index (κ2) is 6.27. The first-order valence-corrected chi connectivity index (χ1v) is 9.02. The van der Waals surface area contributed by atoms with Gasteiger partial charge in [0, 0.05) is 5.56 Å². The number of carbonyl (C=O) groups excluding carboxylic acids is 1. The van der Waals surface area contributed by atoms with Gasteiger partial charge in [0.05, 0.1) is 0 Å². The second-order valence-electron chi connectivity index (χ2n) is 7.98. The Labute approximate surface area is 140 Å². The van der Waals surface area contributed by atoms with Crippen molar-refractivity contribution >= 4 is 5.91 Å². The largest absolute Gasteiger partial charge is 0.366 e. The number of hydrogen-bond acceptors (Lipinski definition) is 2. The van der Waals surface area contributed by atoms with E-state index in [1.54, 1.807) is 0 Å². The van der Waals surface area contributed by atoms with Gasteiger partial charge in [-0.25, -0.2) is 0 Å². The molecule has 0 aromatic heterocycles. The predicted octanol–water partition coefficient (Wildman–Crippen LogP) is 3.36. The summed E-state index contributed by atoms with van der Waals surface area (Å²) >= 11 is 0. The lowest BCUT2D eigenvalue weighted by molar-refractivity contribution is 0.0938. The molecular formula is C20H30N2O. The standard InChI is InChI=1S/C20H30N2O/c1-14-12-15-7-8-16(19(21)23)13-18(15)20(10-11-22(2)3)9-5-4-6-17(14)20/h7-8,13-14,17H,4-6,9-12H2,1-3H3,(H2,21,23)/t14-,17?,20-/m1/s1. The molecule has 126 valence electrons. The predicted molar refractivity (Wildman–Crippen MR) is 94.6 cm³/mol. The van der Waals surface area contributed by atoms with Gasteiger partial charge in [-0.3, -0.25) is 4.79 Å². The molecule has 1 aromatic carbocycles. The van der Waals surface area contributed by atoms with Crippen LogP contribution in [0.15, 0.2) is 18.2 Å². The van der Waals surface area contributed by atoms with Gasteiger partial charge < -0.3 is 10.6 Å². The molecular weight excluding hydrogens is 284 g/mol. The van der Waals surface area contributed by atoms with Crippen LogP contribution in [0.4, 0.5) is 0 Å². The van der Waals surface area contributed by atoms with E-state index in [0.29, 0.717) is 5.56 Å². The van der Waals surface area contributed by atoms with Crippen LogP contribution in [0, 0.1) is 11.8 Å². The SMILES string of the molecule is C[C@@H]1Cc2ccc(C(N)=O)cc2[C@@]2(CCN(C)C)CCCCC12. The third kappa shape index (κ3) is 2.91. The molecule has 1 unspecified atom stereocenters. The maximum absolute atomic E-state index is 11.7. The van der Waals surface area contributed by atoms with Crippen molar-refractivity contribution in [2.45, 2.75) is 50.9 Å². The van der Waals surface area contributed by atoms with Crippen molar-refractivity contribution in [2.75, 3.05) is 20.6 Å². The Morgan fingerprint density at radius 3 is 2.83 bits per heavy atom. The normalized spacial score (nSPS) is 29.9. The highest BCUT2D eigenvalue weighted by Gasteiger charge is 2.48. The first-order valence-electron chi connectivity index (χ1n) is 9.02. The summed E-state index contributed by atoms with van der Waals surface area (Å²) in [6.45, 7) is 3.52. The summed E-state index contributed by atoms with van der Waals surface area (Å²) < 4.78 is 0. The van der Waals surface area contributed by atoms with Crippen LogP contribution in [0.3, 0.4) is 0 Å². The Kier molecular flexibility index (Phi) is 4.50. The van der Waals surface area contributed by atoms with Crippen LogP contribution in [-0.2, 0) is 11.8 Å². The quantitative estimate of drug-likeness (QED) is 0.926. The van der Waals surface area contributed by atoms with Gasteiger partial charge in [-0.1, -0.05) is 25.8 Å². The Bertz CT molecular complexity index is 595. The molecule has 2 aliphatic carbocycles. The number of fused-ring (bicyclic) bond motifs is 3. The average Bonchev–Trinajstić information content (AvgIpc) is 2.53. The summed E-state index contributed by atoms with van der Waals surface area (Å²) in [5.41, 5.74) is 9.34. The van der Waals surface area contributed by atoms with E-state index >= 15 is 0 Å². The van der Waals surface area contributed by atoms with E-state index in [1.165, 1.54) is 43.2 Å². The van der Waals surface area contributed by atoms with E-state index in [4.69, 9.17) is 5.73 Å². The number of nitrogens with zero attached hydrogens (tertiary/aromatic N) is 1. The van der Waals surface area contributed by atoms with Crippen molar-refractivity contribution in [3.05, 3.63) is 34.9 Å². The third-order valence-corrected chi connectivity index (χ3v) is 6.26. The first kappa shape index (κ1) is 16.5. The van der Waals surface area contributed by atoms with Gasteiger partial charge in [0.15, 0.2) is 0 Å². The lowest BCUT2D eigenvalue weighted by Gasteiger charge is -2.52. The third-order valence-electron chi connectivity index (χ3n) is 6.26. The molecule has 2 aliphatic rings. The zero-order chi connectivity index (χ0) is 16.6. The zero-order valence-corrected chi connectivity index (χ0v) is 14.8. The molecule has 0 radical (unpaired) electrons. The number of benzene rings is 1. The number of amides is 1. The second-order valence-corrected chi connectivity index (χ2v) is 7.98. The van der Waals surface area contributed by atoms with Crippen molar-refractivity contribution in [3.8, 4) is 0 Å². The van der Waals surface area contributed by atoms with Crippen LogP contribution >= 0.6 is 0 Å². The molecule has 3 rings (SSSR count). The highest BCUT2D eigenvalue weighted by atomic mass is 16.1. The van der Waals surface area contributed by atoms with E-state index in [-0.39, 0.29) is 11.3 Å². The molecule has 0 bridgehead atoms. The van der Waals surface area contributed by atoms with Crippen LogP contribution in [0.1, 0.15) is 60.5 Å². The van der Waals surface area contributed by atoms with E-state index in [2.05, 4.69) is 38.1 Å². The Balaban J connectivity index is 2.09. The minimum atomic E-state index is -0.304. The van der Waals surface area contributed by atoms with Gasteiger partial charge in [0.25, 0.3) is 0 Å². The van der Waals surface area contributed by atoms with Crippen molar-refractivity contribution in [3.63, 3.8) is 0 Å². The molecule has 3 nitrogen and oxygen atoms in total. The molecule has 2 N–H and O–H groups in total. The van der Waals surface area contributed by atoms with Gasteiger partial charge in [-0.15, -0.1) is 0 Å². The molecule has 23 heavy (non-hydrogen) atoms. The molecule has 0 spiro atoms. The molecule has 3 heteroatoms. The molecule has 1 fully saturated rings. The summed E-state index contributed by atoms with van der Waals surface area (Å²) in [6.07, 6.45) is 7.56. The number of nitrogens with two attached hydrogens (primary N) is 1. The minimum Gasteiger partial charge on any atom is -0.366 e. The van der Waals surface area contributed by atoms with Crippen LogP contribution in [0.25, 0.3) is 0 Å². The van der Waals surface area contributed by atoms with Crippen molar-refractivity contribution in [1.29, 1.82) is 0 Å². The zero-order valence-electron chi connectivity index (χ0n) is 14.8. The van der Waals surface area contributed by atoms with Crippen molar-refractivity contribution < 1.29 is 4.79 Å². The summed E-state index contributed by atoms with van der Waals surface area (Å²) in [6, 6.07) is 6.20. The van der Waals surface area contributed by atoms with E-state index < -0.39 is 0 Å².